The minimum absolute atomic E-state index is 0.341. The first-order valence-corrected chi connectivity index (χ1v) is 6.71. The maximum atomic E-state index is 14.1. The lowest BCUT2D eigenvalue weighted by Crippen LogP contribution is -2.23. The Morgan fingerprint density at radius 1 is 1.40 bits per heavy atom. The zero-order valence-electron chi connectivity index (χ0n) is 11.4. The molecule has 20 heavy (non-hydrogen) atoms. The standard InChI is InChI=1S/C15H16ClFN2O/c1-3-19-15(10-7-11(20-2)9-18-8-10)14-12(16)5-4-6-13(14)17/h4-9,15,19H,3H2,1-2H3. The number of aromatic nitrogens is 1. The number of nitrogens with one attached hydrogen (secondary N) is 1. The first kappa shape index (κ1) is 14.8. The summed E-state index contributed by atoms with van der Waals surface area (Å²) in [7, 11) is 1.57. The number of hydrogen-bond donors (Lipinski definition) is 1. The predicted molar refractivity (Wildman–Crippen MR) is 77.7 cm³/mol. The molecule has 3 nitrogen and oxygen atoms in total. The summed E-state index contributed by atoms with van der Waals surface area (Å²) in [6.45, 7) is 2.63. The Hall–Kier alpha value is -1.65. The second kappa shape index (κ2) is 6.68. The maximum absolute atomic E-state index is 14.1. The van der Waals surface area contributed by atoms with Crippen molar-refractivity contribution in [2.24, 2.45) is 0 Å². The molecule has 0 fully saturated rings. The number of hydrogen-bond acceptors (Lipinski definition) is 3. The zero-order chi connectivity index (χ0) is 14.5. The van der Waals surface area contributed by atoms with Crippen molar-refractivity contribution in [3.63, 3.8) is 0 Å². The van der Waals surface area contributed by atoms with Crippen LogP contribution < -0.4 is 10.1 Å². The van der Waals surface area contributed by atoms with Crippen molar-refractivity contribution in [2.75, 3.05) is 13.7 Å². The van der Waals surface area contributed by atoms with Crippen molar-refractivity contribution < 1.29 is 9.13 Å². The van der Waals surface area contributed by atoms with E-state index in [1.165, 1.54) is 6.07 Å². The second-order valence-corrected chi connectivity index (χ2v) is 4.69. The third-order valence-electron chi connectivity index (χ3n) is 3.00. The molecular weight excluding hydrogens is 279 g/mol. The predicted octanol–water partition coefficient (Wildman–Crippen LogP) is 3.58. The minimum Gasteiger partial charge on any atom is -0.495 e. The van der Waals surface area contributed by atoms with E-state index in [2.05, 4.69) is 10.3 Å². The lowest BCUT2D eigenvalue weighted by Gasteiger charge is -2.20. The van der Waals surface area contributed by atoms with Gasteiger partial charge in [0.15, 0.2) is 0 Å². The molecule has 0 amide bonds. The van der Waals surface area contributed by atoms with Crippen LogP contribution in [0.1, 0.15) is 24.1 Å². The van der Waals surface area contributed by atoms with E-state index in [0.717, 1.165) is 5.56 Å². The highest BCUT2D eigenvalue weighted by molar-refractivity contribution is 6.31. The van der Waals surface area contributed by atoms with Crippen LogP contribution in [0.25, 0.3) is 0 Å². The quantitative estimate of drug-likeness (QED) is 0.915. The van der Waals surface area contributed by atoms with E-state index in [1.54, 1.807) is 31.6 Å². The third kappa shape index (κ3) is 3.08. The van der Waals surface area contributed by atoms with Crippen LogP contribution in [-0.4, -0.2) is 18.6 Å². The minimum atomic E-state index is -0.365. The molecule has 106 valence electrons. The number of methoxy groups -OCH3 is 1. The molecule has 2 aromatic rings. The van der Waals surface area contributed by atoms with Gasteiger partial charge < -0.3 is 10.1 Å². The number of rotatable bonds is 5. The van der Waals surface area contributed by atoms with Crippen LogP contribution in [0.4, 0.5) is 4.39 Å². The number of halogens is 2. The highest BCUT2D eigenvalue weighted by atomic mass is 35.5. The smallest absolute Gasteiger partial charge is 0.137 e. The fourth-order valence-electron chi connectivity index (χ4n) is 2.08. The summed E-state index contributed by atoms with van der Waals surface area (Å²) in [6, 6.07) is 6.13. The molecule has 0 spiro atoms. The number of benzene rings is 1. The van der Waals surface area contributed by atoms with Crippen LogP contribution in [0.2, 0.25) is 5.02 Å². The van der Waals surface area contributed by atoms with Crippen molar-refractivity contribution in [2.45, 2.75) is 13.0 Å². The summed E-state index contributed by atoms with van der Waals surface area (Å²) in [5, 5.41) is 3.62. The lowest BCUT2D eigenvalue weighted by molar-refractivity contribution is 0.411. The van der Waals surface area contributed by atoms with Crippen molar-refractivity contribution in [1.82, 2.24) is 10.3 Å². The molecule has 0 aliphatic heterocycles. The molecular formula is C15H16ClFN2O. The number of pyridine rings is 1. The van der Waals surface area contributed by atoms with Gasteiger partial charge in [-0.05, 0) is 30.3 Å². The van der Waals surface area contributed by atoms with Crippen LogP contribution in [0, 0.1) is 5.82 Å². The molecule has 0 saturated carbocycles. The van der Waals surface area contributed by atoms with Crippen LogP contribution in [0.3, 0.4) is 0 Å². The van der Waals surface area contributed by atoms with Gasteiger partial charge in [-0.15, -0.1) is 0 Å². The Morgan fingerprint density at radius 3 is 2.85 bits per heavy atom. The summed E-state index contributed by atoms with van der Waals surface area (Å²) in [4.78, 5) is 4.11. The summed E-state index contributed by atoms with van der Waals surface area (Å²) in [6.07, 6.45) is 3.29. The average molecular weight is 295 g/mol. The Bertz CT molecular complexity index is 572. The lowest BCUT2D eigenvalue weighted by atomic mass is 9.99. The van der Waals surface area contributed by atoms with Gasteiger partial charge in [0.2, 0.25) is 0 Å². The molecule has 1 aromatic heterocycles. The van der Waals surface area contributed by atoms with Gasteiger partial charge in [-0.1, -0.05) is 24.6 Å². The van der Waals surface area contributed by atoms with Crippen molar-refractivity contribution in [3.05, 3.63) is 58.6 Å². The monoisotopic (exact) mass is 294 g/mol. The molecule has 5 heteroatoms. The van der Waals surface area contributed by atoms with Crippen molar-refractivity contribution >= 4 is 11.6 Å². The second-order valence-electron chi connectivity index (χ2n) is 4.28. The van der Waals surface area contributed by atoms with E-state index in [1.807, 2.05) is 13.0 Å². The average Bonchev–Trinajstić information content (AvgIpc) is 2.46. The third-order valence-corrected chi connectivity index (χ3v) is 3.33. The van der Waals surface area contributed by atoms with Gasteiger partial charge in [-0.25, -0.2) is 4.39 Å². The fourth-order valence-corrected chi connectivity index (χ4v) is 2.35. The molecule has 1 atom stereocenters. The summed E-state index contributed by atoms with van der Waals surface area (Å²) < 4.78 is 19.3. The highest BCUT2D eigenvalue weighted by Gasteiger charge is 2.20. The van der Waals surface area contributed by atoms with Crippen molar-refractivity contribution in [3.8, 4) is 5.75 Å². The highest BCUT2D eigenvalue weighted by Crippen LogP contribution is 2.31. The van der Waals surface area contributed by atoms with Crippen LogP contribution >= 0.6 is 11.6 Å². The summed E-state index contributed by atoms with van der Waals surface area (Å²) in [5.41, 5.74) is 1.23. The van der Waals surface area contributed by atoms with Gasteiger partial charge in [-0.3, -0.25) is 4.98 Å². The molecule has 1 unspecified atom stereocenters. The van der Waals surface area contributed by atoms with E-state index >= 15 is 0 Å². The summed E-state index contributed by atoms with van der Waals surface area (Å²) >= 11 is 6.15. The van der Waals surface area contributed by atoms with E-state index in [4.69, 9.17) is 16.3 Å². The number of nitrogens with zero attached hydrogens (tertiary/aromatic N) is 1. The van der Waals surface area contributed by atoms with Crippen LogP contribution in [0.15, 0.2) is 36.7 Å². The Labute approximate surface area is 122 Å². The molecule has 2 rings (SSSR count). The van der Waals surface area contributed by atoms with Crippen LogP contribution in [-0.2, 0) is 0 Å². The molecule has 1 heterocycles. The first-order chi connectivity index (χ1) is 9.67. The Kier molecular flexibility index (Phi) is 4.93. The SMILES string of the molecule is CCNC(c1cncc(OC)c1)c1c(F)cccc1Cl. The molecule has 0 bridgehead atoms. The topological polar surface area (TPSA) is 34.2 Å². The summed E-state index contributed by atoms with van der Waals surface area (Å²) in [5.74, 6) is 0.282. The Balaban J connectivity index is 2.50. The van der Waals surface area contributed by atoms with Gasteiger partial charge in [0.25, 0.3) is 0 Å². The van der Waals surface area contributed by atoms with Crippen LogP contribution in [0.5, 0.6) is 5.75 Å². The molecule has 1 N–H and O–H groups in total. The molecule has 0 aliphatic carbocycles. The van der Waals surface area contributed by atoms with E-state index in [0.29, 0.717) is 22.9 Å². The van der Waals surface area contributed by atoms with E-state index in [9.17, 15) is 4.39 Å². The van der Waals surface area contributed by atoms with Gasteiger partial charge in [-0.2, -0.15) is 0 Å². The first-order valence-electron chi connectivity index (χ1n) is 6.33. The Morgan fingerprint density at radius 2 is 2.20 bits per heavy atom. The van der Waals surface area contributed by atoms with Gasteiger partial charge >= 0.3 is 0 Å². The molecule has 0 radical (unpaired) electrons. The van der Waals surface area contributed by atoms with E-state index < -0.39 is 0 Å². The maximum Gasteiger partial charge on any atom is 0.137 e. The zero-order valence-corrected chi connectivity index (χ0v) is 12.1. The number of ether oxygens (including phenoxy) is 1. The molecule has 1 aromatic carbocycles. The molecule has 0 aliphatic rings. The van der Waals surface area contributed by atoms with E-state index in [-0.39, 0.29) is 11.9 Å². The van der Waals surface area contributed by atoms with Crippen molar-refractivity contribution in [1.29, 1.82) is 0 Å². The largest absolute Gasteiger partial charge is 0.495 e. The van der Waals surface area contributed by atoms with Gasteiger partial charge in [0, 0.05) is 16.8 Å². The van der Waals surface area contributed by atoms with Gasteiger partial charge in [0.1, 0.15) is 11.6 Å². The van der Waals surface area contributed by atoms with Gasteiger partial charge in [0.05, 0.1) is 19.3 Å². The normalized spacial score (nSPS) is 12.2. The fraction of sp³-hybridized carbons (Fsp3) is 0.267. The molecule has 0 saturated heterocycles.